The highest BCUT2D eigenvalue weighted by Gasteiger charge is 2.32. The molecule has 2 rings (SSSR count). The smallest absolute Gasteiger partial charge is 0.391 e. The molecule has 1 aromatic heterocycles. The molecular formula is C12H14F3N3O. The van der Waals surface area contributed by atoms with Crippen molar-refractivity contribution in [2.75, 3.05) is 5.73 Å². The molecule has 1 unspecified atom stereocenters. The second-order valence-electron chi connectivity index (χ2n) is 4.47. The van der Waals surface area contributed by atoms with Gasteiger partial charge < -0.3 is 15.4 Å². The molecule has 19 heavy (non-hydrogen) atoms. The topological polar surface area (TPSA) is 64.1 Å². The van der Waals surface area contributed by atoms with Crippen LogP contribution in [0.2, 0.25) is 0 Å². The van der Waals surface area contributed by atoms with Crippen LogP contribution in [-0.2, 0) is 6.61 Å². The molecule has 0 bridgehead atoms. The van der Waals surface area contributed by atoms with Crippen molar-refractivity contribution in [1.82, 2.24) is 9.55 Å². The van der Waals surface area contributed by atoms with Gasteiger partial charge in [-0.05, 0) is 25.1 Å². The van der Waals surface area contributed by atoms with Crippen LogP contribution in [0.25, 0.3) is 11.0 Å². The number of rotatable bonds is 3. The van der Waals surface area contributed by atoms with E-state index in [0.29, 0.717) is 16.7 Å². The lowest BCUT2D eigenvalue weighted by Crippen LogP contribution is -2.18. The van der Waals surface area contributed by atoms with Gasteiger partial charge >= 0.3 is 6.18 Å². The number of nitrogens with zero attached hydrogens (tertiary/aromatic N) is 2. The van der Waals surface area contributed by atoms with Crippen molar-refractivity contribution in [2.24, 2.45) is 0 Å². The SMILES string of the molecule is CC(CC(F)(F)F)n1c(CO)nc2cc(N)ccc21. The molecule has 0 aliphatic heterocycles. The number of anilines is 1. The molecule has 0 amide bonds. The zero-order valence-corrected chi connectivity index (χ0v) is 10.3. The first kappa shape index (κ1) is 13.7. The number of aromatic nitrogens is 2. The number of fused-ring (bicyclic) bond motifs is 1. The predicted molar refractivity (Wildman–Crippen MR) is 65.5 cm³/mol. The number of nitrogens with two attached hydrogens (primary N) is 1. The van der Waals surface area contributed by atoms with Gasteiger partial charge in [-0.25, -0.2) is 4.98 Å². The average Bonchev–Trinajstić information content (AvgIpc) is 2.63. The van der Waals surface area contributed by atoms with Crippen molar-refractivity contribution in [1.29, 1.82) is 0 Å². The van der Waals surface area contributed by atoms with Crippen LogP contribution >= 0.6 is 0 Å². The summed E-state index contributed by atoms with van der Waals surface area (Å²) in [6.07, 6.45) is -5.24. The maximum atomic E-state index is 12.5. The van der Waals surface area contributed by atoms with E-state index in [-0.39, 0.29) is 5.82 Å². The highest BCUT2D eigenvalue weighted by atomic mass is 19.4. The molecule has 0 spiro atoms. The Morgan fingerprint density at radius 2 is 2.11 bits per heavy atom. The average molecular weight is 273 g/mol. The van der Waals surface area contributed by atoms with Crippen LogP contribution in [0.4, 0.5) is 18.9 Å². The lowest BCUT2D eigenvalue weighted by atomic mass is 10.2. The predicted octanol–water partition coefficient (Wildman–Crippen LogP) is 2.62. The number of nitrogen functional groups attached to an aromatic ring is 1. The molecule has 0 fully saturated rings. The summed E-state index contributed by atoms with van der Waals surface area (Å²) in [4.78, 5) is 4.11. The van der Waals surface area contributed by atoms with Crippen molar-refractivity contribution in [3.8, 4) is 0 Å². The van der Waals surface area contributed by atoms with Crippen LogP contribution in [0.1, 0.15) is 25.2 Å². The third kappa shape index (κ3) is 2.81. The lowest BCUT2D eigenvalue weighted by molar-refractivity contribution is -0.141. The molecule has 7 heteroatoms. The minimum absolute atomic E-state index is 0.206. The largest absolute Gasteiger partial charge is 0.399 e. The van der Waals surface area contributed by atoms with E-state index in [1.807, 2.05) is 0 Å². The molecule has 0 radical (unpaired) electrons. The van der Waals surface area contributed by atoms with Gasteiger partial charge in [0.25, 0.3) is 0 Å². The minimum Gasteiger partial charge on any atom is -0.399 e. The number of halogens is 3. The summed E-state index contributed by atoms with van der Waals surface area (Å²) >= 11 is 0. The Bertz CT molecular complexity index is 592. The van der Waals surface area contributed by atoms with Gasteiger partial charge in [-0.2, -0.15) is 13.2 Å². The van der Waals surface area contributed by atoms with Gasteiger partial charge in [-0.3, -0.25) is 0 Å². The summed E-state index contributed by atoms with van der Waals surface area (Å²) in [5, 5.41) is 9.24. The molecular weight excluding hydrogens is 259 g/mol. The third-order valence-electron chi connectivity index (χ3n) is 2.90. The number of aliphatic hydroxyl groups excluding tert-OH is 1. The van der Waals surface area contributed by atoms with E-state index in [0.717, 1.165) is 0 Å². The Labute approximate surface area is 107 Å². The maximum absolute atomic E-state index is 12.5. The van der Waals surface area contributed by atoms with Gasteiger partial charge in [0.15, 0.2) is 0 Å². The van der Waals surface area contributed by atoms with Gasteiger partial charge in [0.2, 0.25) is 0 Å². The first-order chi connectivity index (χ1) is 8.81. The Hall–Kier alpha value is -1.76. The summed E-state index contributed by atoms with van der Waals surface area (Å²) < 4.78 is 38.8. The maximum Gasteiger partial charge on any atom is 0.391 e. The first-order valence-electron chi connectivity index (χ1n) is 5.76. The molecule has 1 heterocycles. The standard InChI is InChI=1S/C12H14F3N3O/c1-7(5-12(13,14)15)18-10-3-2-8(16)4-9(10)17-11(18)6-19/h2-4,7,19H,5-6,16H2,1H3. The van der Waals surface area contributed by atoms with Gasteiger partial charge in [0, 0.05) is 11.7 Å². The Kier molecular flexibility index (Phi) is 3.40. The number of hydrogen-bond acceptors (Lipinski definition) is 3. The summed E-state index contributed by atoms with van der Waals surface area (Å²) in [6, 6.07) is 3.95. The number of alkyl halides is 3. The van der Waals surface area contributed by atoms with E-state index in [4.69, 9.17) is 5.73 Å². The molecule has 1 atom stereocenters. The van der Waals surface area contributed by atoms with E-state index in [1.54, 1.807) is 18.2 Å². The van der Waals surface area contributed by atoms with Gasteiger partial charge in [0.05, 0.1) is 17.5 Å². The van der Waals surface area contributed by atoms with Crippen LogP contribution in [0, 0.1) is 0 Å². The fourth-order valence-corrected chi connectivity index (χ4v) is 2.20. The normalized spacial score (nSPS) is 13.9. The molecule has 0 saturated carbocycles. The van der Waals surface area contributed by atoms with Gasteiger partial charge in [-0.1, -0.05) is 0 Å². The summed E-state index contributed by atoms with van der Waals surface area (Å²) in [5.41, 5.74) is 7.11. The number of hydrogen-bond donors (Lipinski definition) is 2. The van der Waals surface area contributed by atoms with Crippen molar-refractivity contribution in [2.45, 2.75) is 32.2 Å². The molecule has 4 nitrogen and oxygen atoms in total. The molecule has 1 aromatic carbocycles. The number of aliphatic hydroxyl groups is 1. The number of benzene rings is 1. The summed E-state index contributed by atoms with van der Waals surface area (Å²) in [7, 11) is 0. The van der Waals surface area contributed by atoms with Crippen LogP contribution in [0.5, 0.6) is 0 Å². The monoisotopic (exact) mass is 273 g/mol. The summed E-state index contributed by atoms with van der Waals surface area (Å²) in [5.74, 6) is 0.206. The zero-order valence-electron chi connectivity index (χ0n) is 10.3. The van der Waals surface area contributed by atoms with Crippen LogP contribution in [0.15, 0.2) is 18.2 Å². The van der Waals surface area contributed by atoms with Crippen molar-refractivity contribution >= 4 is 16.7 Å². The highest BCUT2D eigenvalue weighted by Crippen LogP contribution is 2.31. The van der Waals surface area contributed by atoms with Gasteiger partial charge in [-0.15, -0.1) is 0 Å². The molecule has 2 aromatic rings. The second kappa shape index (κ2) is 4.73. The van der Waals surface area contributed by atoms with Crippen LogP contribution in [-0.4, -0.2) is 20.8 Å². The Balaban J connectivity index is 2.51. The molecule has 3 N–H and O–H groups in total. The number of imidazole rings is 1. The van der Waals surface area contributed by atoms with E-state index < -0.39 is 25.2 Å². The van der Waals surface area contributed by atoms with E-state index in [2.05, 4.69) is 4.98 Å². The van der Waals surface area contributed by atoms with Crippen molar-refractivity contribution in [3.05, 3.63) is 24.0 Å². The minimum atomic E-state index is -4.27. The third-order valence-corrected chi connectivity index (χ3v) is 2.90. The second-order valence-corrected chi connectivity index (χ2v) is 4.47. The summed E-state index contributed by atoms with van der Waals surface area (Å²) in [6.45, 7) is 1.03. The highest BCUT2D eigenvalue weighted by molar-refractivity contribution is 5.79. The Morgan fingerprint density at radius 3 is 2.68 bits per heavy atom. The van der Waals surface area contributed by atoms with Gasteiger partial charge in [0.1, 0.15) is 12.4 Å². The fourth-order valence-electron chi connectivity index (χ4n) is 2.20. The zero-order chi connectivity index (χ0) is 14.2. The fraction of sp³-hybridized carbons (Fsp3) is 0.417. The Morgan fingerprint density at radius 1 is 1.42 bits per heavy atom. The van der Waals surface area contributed by atoms with Crippen molar-refractivity contribution in [3.63, 3.8) is 0 Å². The van der Waals surface area contributed by atoms with E-state index in [1.165, 1.54) is 11.5 Å². The molecule has 0 aliphatic rings. The van der Waals surface area contributed by atoms with Crippen molar-refractivity contribution < 1.29 is 18.3 Å². The van der Waals surface area contributed by atoms with E-state index in [9.17, 15) is 18.3 Å². The molecule has 104 valence electrons. The van der Waals surface area contributed by atoms with Crippen LogP contribution in [0.3, 0.4) is 0 Å². The molecule has 0 saturated heterocycles. The van der Waals surface area contributed by atoms with E-state index >= 15 is 0 Å². The van der Waals surface area contributed by atoms with Crippen LogP contribution < -0.4 is 5.73 Å². The molecule has 0 aliphatic carbocycles. The first-order valence-corrected chi connectivity index (χ1v) is 5.76. The quantitative estimate of drug-likeness (QED) is 0.845. The lowest BCUT2D eigenvalue weighted by Gasteiger charge is -2.18.